The van der Waals surface area contributed by atoms with Crippen LogP contribution in [0.5, 0.6) is 0 Å². The van der Waals surface area contributed by atoms with Crippen LogP contribution in [-0.4, -0.2) is 16.1 Å². The summed E-state index contributed by atoms with van der Waals surface area (Å²) in [4.78, 5) is 16.2. The van der Waals surface area contributed by atoms with Crippen LogP contribution in [0.2, 0.25) is 0 Å². The van der Waals surface area contributed by atoms with Crippen molar-refractivity contribution in [2.75, 3.05) is 0 Å². The first-order chi connectivity index (χ1) is 9.13. The van der Waals surface area contributed by atoms with E-state index in [4.69, 9.17) is 10.8 Å². The number of carbonyl (C=O) groups is 1. The second-order valence-corrected chi connectivity index (χ2v) is 5.57. The zero-order valence-corrected chi connectivity index (χ0v) is 13.5. The number of rotatable bonds is 4. The molecule has 0 bridgehead atoms. The van der Waals surface area contributed by atoms with Crippen molar-refractivity contribution in [2.45, 2.75) is 16.5 Å². The Morgan fingerprint density at radius 1 is 1.35 bits per heavy atom. The van der Waals surface area contributed by atoms with E-state index in [1.807, 2.05) is 18.2 Å². The maximum Gasteiger partial charge on any atom is 0.338 e. The molecule has 2 rings (SSSR count). The van der Waals surface area contributed by atoms with Gasteiger partial charge in [0.05, 0.1) is 5.56 Å². The highest BCUT2D eigenvalue weighted by Gasteiger charge is 2.14. The first-order valence-electron chi connectivity index (χ1n) is 5.47. The molecule has 20 heavy (non-hydrogen) atoms. The van der Waals surface area contributed by atoms with Gasteiger partial charge in [0.15, 0.2) is 0 Å². The average Bonchev–Trinajstić information content (AvgIpc) is 2.39. The maximum absolute atomic E-state index is 11.1. The number of carboxylic acid groups (broad SMARTS) is 1. The van der Waals surface area contributed by atoms with Crippen LogP contribution >= 0.6 is 40.1 Å². The van der Waals surface area contributed by atoms with Gasteiger partial charge in [-0.1, -0.05) is 33.8 Å². The third-order valence-corrected chi connectivity index (χ3v) is 4.35. The summed E-state index contributed by atoms with van der Waals surface area (Å²) in [6.45, 7) is 0.374. The summed E-state index contributed by atoms with van der Waals surface area (Å²) < 4.78 is 0.910. The summed E-state index contributed by atoms with van der Waals surface area (Å²) in [5.41, 5.74) is 6.85. The van der Waals surface area contributed by atoms with Crippen molar-refractivity contribution < 1.29 is 9.90 Å². The van der Waals surface area contributed by atoms with Gasteiger partial charge in [-0.05, 0) is 29.8 Å². The molecule has 0 aliphatic rings. The van der Waals surface area contributed by atoms with Gasteiger partial charge in [-0.2, -0.15) is 0 Å². The Bertz CT molecular complexity index is 625. The fourth-order valence-electron chi connectivity index (χ4n) is 1.57. The van der Waals surface area contributed by atoms with E-state index in [9.17, 15) is 4.79 Å². The largest absolute Gasteiger partial charge is 0.478 e. The van der Waals surface area contributed by atoms with Crippen molar-refractivity contribution in [3.63, 3.8) is 0 Å². The number of carboxylic acids is 1. The van der Waals surface area contributed by atoms with Gasteiger partial charge in [0.2, 0.25) is 0 Å². The minimum atomic E-state index is -0.986. The number of pyridine rings is 1. The maximum atomic E-state index is 11.1. The normalized spacial score (nSPS) is 9.90. The Morgan fingerprint density at radius 2 is 2.10 bits per heavy atom. The molecule has 4 nitrogen and oxygen atoms in total. The van der Waals surface area contributed by atoms with Crippen LogP contribution in [0.15, 0.2) is 50.9 Å². The number of nitrogens with zero attached hydrogens (tertiary/aromatic N) is 1. The molecule has 7 heteroatoms. The van der Waals surface area contributed by atoms with Crippen molar-refractivity contribution in [1.29, 1.82) is 0 Å². The van der Waals surface area contributed by atoms with E-state index < -0.39 is 5.97 Å². The molecule has 0 atom stereocenters. The highest BCUT2D eigenvalue weighted by Crippen LogP contribution is 2.34. The second-order valence-electron chi connectivity index (χ2n) is 3.68. The summed E-state index contributed by atoms with van der Waals surface area (Å²) in [6, 6.07) is 8.84. The van der Waals surface area contributed by atoms with Gasteiger partial charge >= 0.3 is 5.97 Å². The van der Waals surface area contributed by atoms with E-state index in [-0.39, 0.29) is 18.0 Å². The molecule has 3 N–H and O–H groups in total. The number of hydrogen-bond acceptors (Lipinski definition) is 4. The molecule has 0 aliphatic carbocycles. The lowest BCUT2D eigenvalue weighted by Gasteiger charge is -2.10. The van der Waals surface area contributed by atoms with Crippen molar-refractivity contribution in [3.05, 3.63) is 52.1 Å². The van der Waals surface area contributed by atoms with Gasteiger partial charge in [0.25, 0.3) is 0 Å². The summed E-state index contributed by atoms with van der Waals surface area (Å²) >= 11 is 4.74. The molecule has 1 aromatic carbocycles. The standard InChI is InChI=1S/C13H11BrN2O2S.ClH/c14-10-4-1-5-11(9(10)7-15)19-12-8(13(17)18)3-2-6-16-12;/h1-6H,7,15H2,(H,17,18);1H. The number of hydrogen-bond donors (Lipinski definition) is 2. The van der Waals surface area contributed by atoms with E-state index in [0.29, 0.717) is 11.6 Å². The number of aromatic carboxylic acids is 1. The van der Waals surface area contributed by atoms with Crippen molar-refractivity contribution in [2.24, 2.45) is 5.73 Å². The monoisotopic (exact) mass is 374 g/mol. The Balaban J connectivity index is 0.00000200. The fourth-order valence-corrected chi connectivity index (χ4v) is 3.28. The SMILES string of the molecule is Cl.NCc1c(Br)cccc1Sc1ncccc1C(=O)O. The Kier molecular flexibility index (Phi) is 6.48. The quantitative estimate of drug-likeness (QED) is 0.854. The van der Waals surface area contributed by atoms with Crippen molar-refractivity contribution >= 4 is 46.1 Å². The summed E-state index contributed by atoms with van der Waals surface area (Å²) in [5.74, 6) is -0.986. The van der Waals surface area contributed by atoms with Crippen LogP contribution in [0, 0.1) is 0 Å². The number of aromatic nitrogens is 1. The van der Waals surface area contributed by atoms with Crippen molar-refractivity contribution in [3.8, 4) is 0 Å². The number of nitrogens with two attached hydrogens (primary N) is 1. The summed E-state index contributed by atoms with van der Waals surface area (Å²) in [7, 11) is 0. The molecule has 0 unspecified atom stereocenters. The van der Waals surface area contributed by atoms with Crippen molar-refractivity contribution in [1.82, 2.24) is 4.98 Å². The number of benzene rings is 1. The van der Waals surface area contributed by atoms with E-state index in [2.05, 4.69) is 20.9 Å². The van der Waals surface area contributed by atoms with Crippen LogP contribution in [-0.2, 0) is 6.54 Å². The van der Waals surface area contributed by atoms with Crippen LogP contribution in [0.1, 0.15) is 15.9 Å². The van der Waals surface area contributed by atoms with Gasteiger partial charge in [-0.15, -0.1) is 12.4 Å². The molecular formula is C13H12BrClN2O2S. The molecule has 1 heterocycles. The molecule has 0 amide bonds. The summed E-state index contributed by atoms with van der Waals surface area (Å²) in [5, 5.41) is 9.60. The van der Waals surface area contributed by atoms with E-state index >= 15 is 0 Å². The van der Waals surface area contributed by atoms with Gasteiger partial charge in [0, 0.05) is 22.1 Å². The van der Waals surface area contributed by atoms with Crippen LogP contribution in [0.3, 0.4) is 0 Å². The van der Waals surface area contributed by atoms with E-state index in [1.165, 1.54) is 17.8 Å². The zero-order chi connectivity index (χ0) is 13.8. The van der Waals surface area contributed by atoms with Crippen LogP contribution < -0.4 is 5.73 Å². The third kappa shape index (κ3) is 3.73. The molecule has 0 saturated carbocycles. The molecule has 1 aromatic heterocycles. The molecule has 106 valence electrons. The minimum Gasteiger partial charge on any atom is -0.478 e. The lowest BCUT2D eigenvalue weighted by Crippen LogP contribution is -2.02. The molecule has 0 spiro atoms. The predicted octanol–water partition coefficient (Wildman–Crippen LogP) is 3.57. The first kappa shape index (κ1) is 17.0. The average molecular weight is 376 g/mol. The molecule has 0 fully saturated rings. The topological polar surface area (TPSA) is 76.2 Å². The Hall–Kier alpha value is -1.08. The van der Waals surface area contributed by atoms with Gasteiger partial charge in [-0.3, -0.25) is 0 Å². The lowest BCUT2D eigenvalue weighted by molar-refractivity contribution is 0.0692. The molecule has 2 aromatic rings. The third-order valence-electron chi connectivity index (χ3n) is 2.49. The van der Waals surface area contributed by atoms with Gasteiger partial charge in [0.1, 0.15) is 5.03 Å². The lowest BCUT2D eigenvalue weighted by atomic mass is 10.2. The molecule has 0 aliphatic heterocycles. The predicted molar refractivity (Wildman–Crippen MR) is 84.6 cm³/mol. The van der Waals surface area contributed by atoms with Crippen LogP contribution in [0.25, 0.3) is 0 Å². The number of halogens is 2. The fraction of sp³-hybridized carbons (Fsp3) is 0.0769. The Morgan fingerprint density at radius 3 is 2.75 bits per heavy atom. The minimum absolute atomic E-state index is 0. The van der Waals surface area contributed by atoms with E-state index in [0.717, 1.165) is 14.9 Å². The van der Waals surface area contributed by atoms with Gasteiger partial charge in [-0.25, -0.2) is 9.78 Å². The second kappa shape index (κ2) is 7.64. The molecular weight excluding hydrogens is 364 g/mol. The zero-order valence-electron chi connectivity index (χ0n) is 10.2. The van der Waals surface area contributed by atoms with Crippen LogP contribution in [0.4, 0.5) is 0 Å². The van der Waals surface area contributed by atoms with Gasteiger partial charge < -0.3 is 10.8 Å². The molecule has 0 radical (unpaired) electrons. The Labute approximate surface area is 135 Å². The smallest absolute Gasteiger partial charge is 0.338 e. The van der Waals surface area contributed by atoms with E-state index in [1.54, 1.807) is 12.3 Å². The highest BCUT2D eigenvalue weighted by atomic mass is 79.9. The first-order valence-corrected chi connectivity index (χ1v) is 7.08. The molecule has 0 saturated heterocycles. The summed E-state index contributed by atoms with van der Waals surface area (Å²) in [6.07, 6.45) is 1.58. The highest BCUT2D eigenvalue weighted by molar-refractivity contribution is 9.10.